The molecule has 33 heavy (non-hydrogen) atoms. The number of aryl methyl sites for hydroxylation is 1. The second-order valence-electron chi connectivity index (χ2n) is 8.03. The average molecular weight is 437 g/mol. The molecular weight excluding hydrogens is 418 g/mol. The van der Waals surface area contributed by atoms with E-state index in [1.165, 1.54) is 6.07 Å². The number of amides is 1. The van der Waals surface area contributed by atoms with Crippen molar-refractivity contribution >= 4 is 33.4 Å². The number of pyridine rings is 2. The van der Waals surface area contributed by atoms with E-state index in [1.807, 2.05) is 55.6 Å². The van der Waals surface area contributed by atoms with Crippen LogP contribution in [0.5, 0.6) is 0 Å². The number of fused-ring (bicyclic) bond motifs is 3. The van der Waals surface area contributed by atoms with E-state index in [2.05, 4.69) is 15.4 Å². The molecule has 0 bridgehead atoms. The Bertz CT molecular complexity index is 1600. The Morgan fingerprint density at radius 2 is 1.97 bits per heavy atom. The zero-order chi connectivity index (χ0) is 22.5. The highest BCUT2D eigenvalue weighted by molar-refractivity contribution is 6.04. The van der Waals surface area contributed by atoms with Gasteiger partial charge in [0.05, 0.1) is 29.0 Å². The van der Waals surface area contributed by atoms with Crippen LogP contribution in [0.25, 0.3) is 33.2 Å². The van der Waals surface area contributed by atoms with E-state index in [0.29, 0.717) is 18.0 Å². The third-order valence-corrected chi connectivity index (χ3v) is 5.83. The maximum absolute atomic E-state index is 13.1. The van der Waals surface area contributed by atoms with E-state index in [4.69, 9.17) is 4.74 Å². The Morgan fingerprint density at radius 3 is 2.76 bits per heavy atom. The molecule has 0 saturated carbocycles. The summed E-state index contributed by atoms with van der Waals surface area (Å²) < 4.78 is 8.51. The summed E-state index contributed by atoms with van der Waals surface area (Å²) in [6.45, 7) is 2.35. The maximum Gasteiger partial charge on any atom is 0.255 e. The van der Waals surface area contributed by atoms with Crippen molar-refractivity contribution in [2.24, 2.45) is 0 Å². The zero-order valence-electron chi connectivity index (χ0n) is 17.7. The van der Waals surface area contributed by atoms with Crippen LogP contribution in [0.2, 0.25) is 0 Å². The summed E-state index contributed by atoms with van der Waals surface area (Å²) in [7, 11) is 0. The molecule has 2 aromatic carbocycles. The molecule has 1 amide bonds. The van der Waals surface area contributed by atoms with Gasteiger partial charge in [0, 0.05) is 41.1 Å². The van der Waals surface area contributed by atoms with E-state index >= 15 is 0 Å². The molecule has 5 aromatic rings. The Balaban J connectivity index is 1.59. The Morgan fingerprint density at radius 1 is 1.12 bits per heavy atom. The SMILES string of the molecule is Cc1ccc(-n2c(=O)ccc3cnc4ccc(-n5cccn5)cc4c32)cc1NC(=O)C1CO1. The van der Waals surface area contributed by atoms with Gasteiger partial charge in [-0.25, -0.2) is 4.68 Å². The number of nitrogens with zero attached hydrogens (tertiary/aromatic N) is 4. The standard InChI is InChI=1S/C25H19N5O3/c1-15-3-5-18(12-21(15)28-25(32)22-14-33-22)30-23(31)8-4-16-13-26-20-7-6-17(11-19(20)24(16)30)29-10-2-9-27-29/h2-13,22H,14H2,1H3,(H,28,32). The number of anilines is 1. The summed E-state index contributed by atoms with van der Waals surface area (Å²) in [5.41, 5.74) is 4.40. The van der Waals surface area contributed by atoms with Gasteiger partial charge in [-0.3, -0.25) is 19.1 Å². The van der Waals surface area contributed by atoms with Crippen LogP contribution in [-0.4, -0.2) is 37.9 Å². The summed E-state index contributed by atoms with van der Waals surface area (Å²) >= 11 is 0. The third-order valence-electron chi connectivity index (χ3n) is 5.83. The molecule has 1 N–H and O–H groups in total. The predicted octanol–water partition coefficient (Wildman–Crippen LogP) is 3.37. The van der Waals surface area contributed by atoms with Gasteiger partial charge in [0.1, 0.15) is 0 Å². The van der Waals surface area contributed by atoms with Gasteiger partial charge in [0.2, 0.25) is 0 Å². The molecule has 4 heterocycles. The van der Waals surface area contributed by atoms with Gasteiger partial charge in [-0.05, 0) is 55.0 Å². The number of nitrogens with one attached hydrogen (secondary N) is 1. The van der Waals surface area contributed by atoms with Gasteiger partial charge in [0.15, 0.2) is 6.10 Å². The van der Waals surface area contributed by atoms with Gasteiger partial charge >= 0.3 is 0 Å². The Kier molecular flexibility index (Phi) is 4.34. The van der Waals surface area contributed by atoms with E-state index < -0.39 is 6.10 Å². The number of aromatic nitrogens is 4. The first-order valence-electron chi connectivity index (χ1n) is 10.6. The van der Waals surface area contributed by atoms with Crippen molar-refractivity contribution in [2.45, 2.75) is 13.0 Å². The van der Waals surface area contributed by atoms with Crippen molar-refractivity contribution in [2.75, 3.05) is 11.9 Å². The van der Waals surface area contributed by atoms with Crippen LogP contribution < -0.4 is 10.9 Å². The summed E-state index contributed by atoms with van der Waals surface area (Å²) in [5.74, 6) is -0.181. The molecule has 162 valence electrons. The number of hydrogen-bond acceptors (Lipinski definition) is 5. The van der Waals surface area contributed by atoms with E-state index in [0.717, 1.165) is 33.1 Å². The molecular formula is C25H19N5O3. The number of benzene rings is 2. The van der Waals surface area contributed by atoms with Crippen molar-refractivity contribution in [3.63, 3.8) is 0 Å². The number of carbonyl (C=O) groups is 1. The van der Waals surface area contributed by atoms with Crippen LogP contribution >= 0.6 is 0 Å². The van der Waals surface area contributed by atoms with Gasteiger partial charge in [0.25, 0.3) is 11.5 Å². The Hall–Kier alpha value is -4.30. The third kappa shape index (κ3) is 3.37. The quantitative estimate of drug-likeness (QED) is 0.344. The monoisotopic (exact) mass is 437 g/mol. The molecule has 1 aliphatic heterocycles. The molecule has 1 aliphatic rings. The van der Waals surface area contributed by atoms with E-state index in [9.17, 15) is 9.59 Å². The van der Waals surface area contributed by atoms with E-state index in [1.54, 1.807) is 27.7 Å². The fraction of sp³-hybridized carbons (Fsp3) is 0.120. The van der Waals surface area contributed by atoms with Crippen molar-refractivity contribution < 1.29 is 9.53 Å². The molecule has 1 saturated heterocycles. The fourth-order valence-electron chi connectivity index (χ4n) is 4.02. The number of hydrogen-bond donors (Lipinski definition) is 1. The number of rotatable bonds is 4. The number of ether oxygens (including phenoxy) is 1. The molecule has 1 atom stereocenters. The van der Waals surface area contributed by atoms with Crippen LogP contribution in [0, 0.1) is 6.92 Å². The molecule has 0 aliphatic carbocycles. The minimum absolute atomic E-state index is 0.175. The lowest BCUT2D eigenvalue weighted by molar-refractivity contribution is -0.117. The highest BCUT2D eigenvalue weighted by Crippen LogP contribution is 2.28. The average Bonchev–Trinajstić information content (AvgIpc) is 3.54. The molecule has 3 aromatic heterocycles. The summed E-state index contributed by atoms with van der Waals surface area (Å²) in [6, 6.07) is 16.6. The van der Waals surface area contributed by atoms with Gasteiger partial charge < -0.3 is 10.1 Å². The molecule has 8 nitrogen and oxygen atoms in total. The molecule has 1 unspecified atom stereocenters. The van der Waals surface area contributed by atoms with Crippen LogP contribution in [0.3, 0.4) is 0 Å². The second kappa shape index (κ2) is 7.39. The van der Waals surface area contributed by atoms with Crippen molar-refractivity contribution in [3.05, 3.63) is 89.1 Å². The summed E-state index contributed by atoms with van der Waals surface area (Å²) in [4.78, 5) is 30.0. The van der Waals surface area contributed by atoms with Crippen LogP contribution in [0.1, 0.15) is 5.56 Å². The zero-order valence-corrected chi connectivity index (χ0v) is 17.7. The lowest BCUT2D eigenvalue weighted by Gasteiger charge is -2.15. The summed E-state index contributed by atoms with van der Waals surface area (Å²) in [6.07, 6.45) is 4.95. The van der Waals surface area contributed by atoms with Crippen molar-refractivity contribution in [1.29, 1.82) is 0 Å². The van der Waals surface area contributed by atoms with E-state index in [-0.39, 0.29) is 11.5 Å². The second-order valence-corrected chi connectivity index (χ2v) is 8.03. The summed E-state index contributed by atoms with van der Waals surface area (Å²) in [5, 5.41) is 8.89. The first-order valence-corrected chi connectivity index (χ1v) is 10.6. The van der Waals surface area contributed by atoms with Gasteiger partial charge in [-0.1, -0.05) is 6.07 Å². The van der Waals surface area contributed by atoms with Crippen molar-refractivity contribution in [3.8, 4) is 11.4 Å². The fourth-order valence-corrected chi connectivity index (χ4v) is 4.02. The lowest BCUT2D eigenvalue weighted by Crippen LogP contribution is -2.20. The van der Waals surface area contributed by atoms with Gasteiger partial charge in [-0.15, -0.1) is 0 Å². The minimum Gasteiger partial charge on any atom is -0.363 e. The normalized spacial score (nSPS) is 15.1. The van der Waals surface area contributed by atoms with Gasteiger partial charge in [-0.2, -0.15) is 5.10 Å². The van der Waals surface area contributed by atoms with Crippen LogP contribution in [-0.2, 0) is 9.53 Å². The maximum atomic E-state index is 13.1. The highest BCUT2D eigenvalue weighted by Gasteiger charge is 2.31. The first-order chi connectivity index (χ1) is 16.1. The number of epoxide rings is 1. The minimum atomic E-state index is -0.399. The smallest absolute Gasteiger partial charge is 0.255 e. The molecule has 6 rings (SSSR count). The predicted molar refractivity (Wildman–Crippen MR) is 125 cm³/mol. The van der Waals surface area contributed by atoms with Crippen LogP contribution in [0.4, 0.5) is 5.69 Å². The highest BCUT2D eigenvalue weighted by atomic mass is 16.6. The van der Waals surface area contributed by atoms with Crippen molar-refractivity contribution in [1.82, 2.24) is 19.3 Å². The number of carbonyl (C=O) groups excluding carboxylic acids is 1. The molecule has 1 fully saturated rings. The lowest BCUT2D eigenvalue weighted by atomic mass is 10.1. The molecule has 0 spiro atoms. The topological polar surface area (TPSA) is 94.3 Å². The molecule has 8 heteroatoms. The Labute approximate surface area is 188 Å². The molecule has 0 radical (unpaired) electrons. The van der Waals surface area contributed by atoms with Crippen LogP contribution in [0.15, 0.2) is 78.0 Å². The first kappa shape index (κ1) is 19.4. The largest absolute Gasteiger partial charge is 0.363 e.